The first-order chi connectivity index (χ1) is 9.33. The minimum Gasteiger partial charge on any atom is -0.486 e. The standard InChI is InChI=1S/C14H19NO4/c16-12(8-11-9-17-4-3-15-11)10-1-2-13-14(7-10)19-6-5-18-13/h1-2,7,11-12,15-16H,3-6,8-9H2. The number of ether oxygens (including phenoxy) is 3. The van der Waals surface area contributed by atoms with E-state index in [1.165, 1.54) is 0 Å². The van der Waals surface area contributed by atoms with E-state index >= 15 is 0 Å². The molecule has 3 rings (SSSR count). The second-order valence-corrected chi connectivity index (χ2v) is 4.88. The Bertz CT molecular complexity index is 431. The summed E-state index contributed by atoms with van der Waals surface area (Å²) in [6, 6.07) is 5.82. The zero-order chi connectivity index (χ0) is 13.1. The Kier molecular flexibility index (Phi) is 3.87. The van der Waals surface area contributed by atoms with E-state index in [0.717, 1.165) is 30.2 Å². The highest BCUT2D eigenvalue weighted by Gasteiger charge is 2.20. The highest BCUT2D eigenvalue weighted by molar-refractivity contribution is 5.44. The van der Waals surface area contributed by atoms with Gasteiger partial charge in [0.15, 0.2) is 11.5 Å². The number of nitrogens with one attached hydrogen (secondary N) is 1. The van der Waals surface area contributed by atoms with E-state index in [0.29, 0.717) is 26.2 Å². The number of aliphatic hydroxyl groups is 1. The quantitative estimate of drug-likeness (QED) is 0.849. The molecule has 19 heavy (non-hydrogen) atoms. The van der Waals surface area contributed by atoms with Crippen LogP contribution in [0.3, 0.4) is 0 Å². The number of benzene rings is 1. The minimum absolute atomic E-state index is 0.206. The summed E-state index contributed by atoms with van der Waals surface area (Å²) in [5, 5.41) is 13.6. The second kappa shape index (κ2) is 5.77. The highest BCUT2D eigenvalue weighted by Crippen LogP contribution is 2.33. The molecule has 2 aliphatic rings. The molecule has 1 aromatic rings. The number of fused-ring (bicyclic) bond motifs is 1. The molecule has 0 aromatic heterocycles. The molecule has 0 amide bonds. The van der Waals surface area contributed by atoms with Crippen LogP contribution < -0.4 is 14.8 Å². The number of aliphatic hydroxyl groups excluding tert-OH is 1. The van der Waals surface area contributed by atoms with Crippen molar-refractivity contribution in [2.75, 3.05) is 33.0 Å². The maximum atomic E-state index is 10.3. The summed E-state index contributed by atoms with van der Waals surface area (Å²) in [4.78, 5) is 0. The van der Waals surface area contributed by atoms with Crippen LogP contribution in [0.2, 0.25) is 0 Å². The first-order valence-electron chi connectivity index (χ1n) is 6.71. The Morgan fingerprint density at radius 3 is 2.84 bits per heavy atom. The zero-order valence-corrected chi connectivity index (χ0v) is 10.8. The van der Waals surface area contributed by atoms with Gasteiger partial charge in [0, 0.05) is 12.6 Å². The van der Waals surface area contributed by atoms with Crippen molar-refractivity contribution < 1.29 is 19.3 Å². The number of hydrogen-bond donors (Lipinski definition) is 2. The van der Waals surface area contributed by atoms with Crippen LogP contribution in [0, 0.1) is 0 Å². The molecule has 0 saturated carbocycles. The average Bonchev–Trinajstić information content (AvgIpc) is 2.48. The first-order valence-corrected chi connectivity index (χ1v) is 6.71. The number of rotatable bonds is 3. The predicted octanol–water partition coefficient (Wildman–Crippen LogP) is 0.870. The lowest BCUT2D eigenvalue weighted by atomic mass is 10.0. The van der Waals surface area contributed by atoms with Gasteiger partial charge in [-0.1, -0.05) is 6.07 Å². The Morgan fingerprint density at radius 2 is 2.05 bits per heavy atom. The molecule has 1 saturated heterocycles. The highest BCUT2D eigenvalue weighted by atomic mass is 16.6. The van der Waals surface area contributed by atoms with Gasteiger partial charge in [-0.25, -0.2) is 0 Å². The van der Waals surface area contributed by atoms with Crippen molar-refractivity contribution in [2.45, 2.75) is 18.6 Å². The Morgan fingerprint density at radius 1 is 1.21 bits per heavy atom. The topological polar surface area (TPSA) is 60.0 Å². The summed E-state index contributed by atoms with van der Waals surface area (Å²) in [6.45, 7) is 3.39. The van der Waals surface area contributed by atoms with Crippen LogP contribution >= 0.6 is 0 Å². The molecule has 0 aliphatic carbocycles. The molecule has 0 bridgehead atoms. The maximum Gasteiger partial charge on any atom is 0.161 e. The molecule has 2 aliphatic heterocycles. The van der Waals surface area contributed by atoms with Gasteiger partial charge >= 0.3 is 0 Å². The SMILES string of the molecule is OC(CC1COCCN1)c1ccc2c(c1)OCCO2. The summed E-state index contributed by atoms with van der Waals surface area (Å²) >= 11 is 0. The number of hydrogen-bond acceptors (Lipinski definition) is 5. The summed E-state index contributed by atoms with van der Waals surface area (Å²) in [5.41, 5.74) is 0.858. The van der Waals surface area contributed by atoms with Gasteiger partial charge in [0.25, 0.3) is 0 Å². The van der Waals surface area contributed by atoms with Crippen molar-refractivity contribution >= 4 is 0 Å². The molecule has 5 nitrogen and oxygen atoms in total. The largest absolute Gasteiger partial charge is 0.486 e. The molecule has 2 N–H and O–H groups in total. The lowest BCUT2D eigenvalue weighted by Gasteiger charge is -2.26. The van der Waals surface area contributed by atoms with Crippen LogP contribution in [0.1, 0.15) is 18.1 Å². The van der Waals surface area contributed by atoms with Crippen LogP contribution in [-0.4, -0.2) is 44.1 Å². The van der Waals surface area contributed by atoms with Gasteiger partial charge < -0.3 is 24.6 Å². The third-order valence-corrected chi connectivity index (χ3v) is 3.46. The monoisotopic (exact) mass is 265 g/mol. The van der Waals surface area contributed by atoms with Gasteiger partial charge in [0.1, 0.15) is 13.2 Å². The van der Waals surface area contributed by atoms with E-state index < -0.39 is 6.10 Å². The van der Waals surface area contributed by atoms with Gasteiger partial charge in [-0.15, -0.1) is 0 Å². The fraction of sp³-hybridized carbons (Fsp3) is 0.571. The third-order valence-electron chi connectivity index (χ3n) is 3.46. The summed E-state index contributed by atoms with van der Waals surface area (Å²) in [7, 11) is 0. The van der Waals surface area contributed by atoms with Gasteiger partial charge in [0.2, 0.25) is 0 Å². The van der Waals surface area contributed by atoms with Crippen LogP contribution in [0.25, 0.3) is 0 Å². The van der Waals surface area contributed by atoms with Crippen molar-refractivity contribution in [1.29, 1.82) is 0 Å². The Hall–Kier alpha value is -1.30. The van der Waals surface area contributed by atoms with Crippen molar-refractivity contribution in [3.8, 4) is 11.5 Å². The second-order valence-electron chi connectivity index (χ2n) is 4.88. The van der Waals surface area contributed by atoms with Crippen LogP contribution in [0.4, 0.5) is 0 Å². The van der Waals surface area contributed by atoms with Gasteiger partial charge in [0.05, 0.1) is 19.3 Å². The molecular weight excluding hydrogens is 246 g/mol. The minimum atomic E-state index is -0.518. The smallest absolute Gasteiger partial charge is 0.161 e. The van der Waals surface area contributed by atoms with Crippen LogP contribution in [0.5, 0.6) is 11.5 Å². The van der Waals surface area contributed by atoms with Crippen molar-refractivity contribution in [1.82, 2.24) is 5.32 Å². The maximum absolute atomic E-state index is 10.3. The van der Waals surface area contributed by atoms with Crippen molar-refractivity contribution in [3.63, 3.8) is 0 Å². The van der Waals surface area contributed by atoms with E-state index in [1.54, 1.807) is 0 Å². The lowest BCUT2D eigenvalue weighted by molar-refractivity contribution is 0.0517. The summed E-state index contributed by atoms with van der Waals surface area (Å²) < 4.78 is 16.4. The Balaban J connectivity index is 1.67. The van der Waals surface area contributed by atoms with Gasteiger partial charge in [-0.3, -0.25) is 0 Å². The normalized spacial score (nSPS) is 23.9. The molecule has 1 fully saturated rings. The third kappa shape index (κ3) is 3.00. The molecule has 0 spiro atoms. The molecule has 2 atom stereocenters. The van der Waals surface area contributed by atoms with E-state index in [2.05, 4.69) is 5.32 Å². The molecule has 0 radical (unpaired) electrons. The van der Waals surface area contributed by atoms with Crippen molar-refractivity contribution in [2.24, 2.45) is 0 Å². The van der Waals surface area contributed by atoms with Crippen molar-refractivity contribution in [3.05, 3.63) is 23.8 Å². The van der Waals surface area contributed by atoms with Crippen LogP contribution in [-0.2, 0) is 4.74 Å². The lowest BCUT2D eigenvalue weighted by Crippen LogP contribution is -2.42. The van der Waals surface area contributed by atoms with E-state index in [1.807, 2.05) is 18.2 Å². The molecule has 5 heteroatoms. The zero-order valence-electron chi connectivity index (χ0n) is 10.8. The van der Waals surface area contributed by atoms with E-state index in [4.69, 9.17) is 14.2 Å². The molecule has 2 unspecified atom stereocenters. The average molecular weight is 265 g/mol. The van der Waals surface area contributed by atoms with E-state index in [-0.39, 0.29) is 6.04 Å². The first kappa shape index (κ1) is 12.7. The molecule has 104 valence electrons. The fourth-order valence-corrected chi connectivity index (χ4v) is 2.44. The molecule has 1 aromatic carbocycles. The predicted molar refractivity (Wildman–Crippen MR) is 69.6 cm³/mol. The van der Waals surface area contributed by atoms with E-state index in [9.17, 15) is 5.11 Å². The van der Waals surface area contributed by atoms with Gasteiger partial charge in [-0.05, 0) is 24.1 Å². The summed E-state index contributed by atoms with van der Waals surface area (Å²) in [6.07, 6.45) is 0.120. The summed E-state index contributed by atoms with van der Waals surface area (Å²) in [5.74, 6) is 1.47. The van der Waals surface area contributed by atoms with Gasteiger partial charge in [-0.2, -0.15) is 0 Å². The molecular formula is C14H19NO4. The number of morpholine rings is 1. The Labute approximate surface area is 112 Å². The van der Waals surface area contributed by atoms with Crippen LogP contribution in [0.15, 0.2) is 18.2 Å². The molecule has 2 heterocycles. The fourth-order valence-electron chi connectivity index (χ4n) is 2.44.